The molecule has 0 amide bonds. The first-order valence-electron chi connectivity index (χ1n) is 6.38. The minimum absolute atomic E-state index is 0.333. The first-order chi connectivity index (χ1) is 7.56. The predicted octanol–water partition coefficient (Wildman–Crippen LogP) is 3.89. The molecule has 0 radical (unpaired) electrons. The Morgan fingerprint density at radius 3 is 1.94 bits per heavy atom. The number of hydrogen-bond acceptors (Lipinski definition) is 1. The lowest BCUT2D eigenvalue weighted by Gasteiger charge is -2.32. The van der Waals surface area contributed by atoms with Crippen LogP contribution in [0.4, 0.5) is 0 Å². The van der Waals surface area contributed by atoms with E-state index in [-0.39, 0.29) is 0 Å². The molecule has 1 aromatic rings. The van der Waals surface area contributed by atoms with Gasteiger partial charge in [-0.15, -0.1) is 0 Å². The highest BCUT2D eigenvalue weighted by Gasteiger charge is 2.30. The van der Waals surface area contributed by atoms with Gasteiger partial charge in [0.25, 0.3) is 0 Å². The van der Waals surface area contributed by atoms with Crippen molar-refractivity contribution in [3.05, 3.63) is 35.4 Å². The van der Waals surface area contributed by atoms with Gasteiger partial charge >= 0.3 is 0 Å². The SMILES string of the molecule is CCc1ccc(C(C)(O)C(CC)CC)cc1. The van der Waals surface area contributed by atoms with Gasteiger partial charge in [-0.1, -0.05) is 57.9 Å². The maximum atomic E-state index is 10.6. The van der Waals surface area contributed by atoms with Crippen molar-refractivity contribution in [3.8, 4) is 0 Å². The molecule has 16 heavy (non-hydrogen) atoms. The van der Waals surface area contributed by atoms with Crippen LogP contribution in [0.15, 0.2) is 24.3 Å². The molecule has 1 heteroatoms. The van der Waals surface area contributed by atoms with Crippen molar-refractivity contribution in [1.82, 2.24) is 0 Å². The average Bonchev–Trinajstić information content (AvgIpc) is 2.30. The summed E-state index contributed by atoms with van der Waals surface area (Å²) >= 11 is 0. The van der Waals surface area contributed by atoms with Crippen molar-refractivity contribution in [2.75, 3.05) is 0 Å². The summed E-state index contributed by atoms with van der Waals surface area (Å²) in [6.07, 6.45) is 3.07. The van der Waals surface area contributed by atoms with Gasteiger partial charge in [-0.25, -0.2) is 0 Å². The predicted molar refractivity (Wildman–Crippen MR) is 69.5 cm³/mol. The van der Waals surface area contributed by atoms with Crippen LogP contribution in [-0.2, 0) is 12.0 Å². The van der Waals surface area contributed by atoms with Crippen LogP contribution in [0.3, 0.4) is 0 Å². The Morgan fingerprint density at radius 2 is 1.56 bits per heavy atom. The van der Waals surface area contributed by atoms with E-state index in [2.05, 4.69) is 45.0 Å². The van der Waals surface area contributed by atoms with Crippen LogP contribution in [-0.4, -0.2) is 5.11 Å². The van der Waals surface area contributed by atoms with E-state index in [1.807, 2.05) is 6.92 Å². The zero-order valence-electron chi connectivity index (χ0n) is 11.0. The van der Waals surface area contributed by atoms with Gasteiger partial charge in [0.1, 0.15) is 0 Å². The van der Waals surface area contributed by atoms with Crippen molar-refractivity contribution < 1.29 is 5.11 Å². The molecule has 0 aliphatic carbocycles. The largest absolute Gasteiger partial charge is 0.385 e. The van der Waals surface area contributed by atoms with Gasteiger partial charge in [-0.3, -0.25) is 0 Å². The van der Waals surface area contributed by atoms with Gasteiger partial charge in [0, 0.05) is 0 Å². The smallest absolute Gasteiger partial charge is 0.0896 e. The molecule has 1 unspecified atom stereocenters. The highest BCUT2D eigenvalue weighted by Crippen LogP contribution is 2.33. The van der Waals surface area contributed by atoms with Crippen molar-refractivity contribution in [1.29, 1.82) is 0 Å². The summed E-state index contributed by atoms with van der Waals surface area (Å²) in [5.41, 5.74) is 1.66. The first kappa shape index (κ1) is 13.2. The lowest BCUT2D eigenvalue weighted by Crippen LogP contribution is -2.31. The minimum atomic E-state index is -0.699. The molecule has 0 aromatic heterocycles. The molecule has 1 aromatic carbocycles. The Hall–Kier alpha value is -0.820. The van der Waals surface area contributed by atoms with Crippen LogP contribution < -0.4 is 0 Å². The van der Waals surface area contributed by atoms with Gasteiger partial charge in [0.05, 0.1) is 5.60 Å². The monoisotopic (exact) mass is 220 g/mol. The fourth-order valence-electron chi connectivity index (χ4n) is 2.40. The molecular formula is C15H24O. The molecule has 0 bridgehead atoms. The van der Waals surface area contributed by atoms with Crippen LogP contribution in [0.5, 0.6) is 0 Å². The molecule has 1 nitrogen and oxygen atoms in total. The average molecular weight is 220 g/mol. The van der Waals surface area contributed by atoms with E-state index in [1.54, 1.807) is 0 Å². The Labute approximate surface area is 99.5 Å². The van der Waals surface area contributed by atoms with E-state index < -0.39 is 5.60 Å². The van der Waals surface area contributed by atoms with E-state index in [1.165, 1.54) is 5.56 Å². The van der Waals surface area contributed by atoms with Crippen molar-refractivity contribution in [2.45, 2.75) is 52.6 Å². The topological polar surface area (TPSA) is 20.2 Å². The van der Waals surface area contributed by atoms with Crippen molar-refractivity contribution >= 4 is 0 Å². The lowest BCUT2D eigenvalue weighted by atomic mass is 9.79. The van der Waals surface area contributed by atoms with Crippen LogP contribution in [0, 0.1) is 5.92 Å². The summed E-state index contributed by atoms with van der Waals surface area (Å²) in [5.74, 6) is 0.333. The maximum Gasteiger partial charge on any atom is 0.0896 e. The molecule has 0 aliphatic heterocycles. The Morgan fingerprint density at radius 1 is 1.06 bits per heavy atom. The van der Waals surface area contributed by atoms with E-state index in [0.29, 0.717) is 5.92 Å². The fraction of sp³-hybridized carbons (Fsp3) is 0.600. The van der Waals surface area contributed by atoms with Crippen LogP contribution in [0.25, 0.3) is 0 Å². The Kier molecular flexibility index (Phi) is 4.55. The summed E-state index contributed by atoms with van der Waals surface area (Å²) in [6.45, 7) is 8.37. The number of rotatable bonds is 5. The van der Waals surface area contributed by atoms with Gasteiger partial charge in [0.15, 0.2) is 0 Å². The van der Waals surface area contributed by atoms with Gasteiger partial charge in [-0.2, -0.15) is 0 Å². The van der Waals surface area contributed by atoms with Crippen molar-refractivity contribution in [3.63, 3.8) is 0 Å². The number of benzene rings is 1. The van der Waals surface area contributed by atoms with E-state index >= 15 is 0 Å². The summed E-state index contributed by atoms with van der Waals surface area (Å²) in [7, 11) is 0. The molecule has 1 N–H and O–H groups in total. The summed E-state index contributed by atoms with van der Waals surface area (Å²) < 4.78 is 0. The van der Waals surface area contributed by atoms with E-state index in [4.69, 9.17) is 0 Å². The normalized spacial score (nSPS) is 15.1. The molecule has 0 aliphatic rings. The number of hydrogen-bond donors (Lipinski definition) is 1. The third kappa shape index (κ3) is 2.65. The van der Waals surface area contributed by atoms with Crippen molar-refractivity contribution in [2.24, 2.45) is 5.92 Å². The zero-order chi connectivity index (χ0) is 12.2. The second-order valence-electron chi connectivity index (χ2n) is 4.71. The molecule has 1 rings (SSSR count). The minimum Gasteiger partial charge on any atom is -0.385 e. The lowest BCUT2D eigenvalue weighted by molar-refractivity contribution is -0.00950. The highest BCUT2D eigenvalue weighted by atomic mass is 16.3. The molecule has 1 atom stereocenters. The fourth-order valence-corrected chi connectivity index (χ4v) is 2.40. The Balaban J connectivity index is 2.96. The molecule has 0 saturated carbocycles. The Bertz CT molecular complexity index is 307. The highest BCUT2D eigenvalue weighted by molar-refractivity contribution is 5.27. The van der Waals surface area contributed by atoms with Gasteiger partial charge in [0.2, 0.25) is 0 Å². The third-order valence-electron chi connectivity index (χ3n) is 3.73. The standard InChI is InChI=1S/C15H24O/c1-5-12-8-10-14(11-9-12)15(4,16)13(6-2)7-3/h8-11,13,16H,5-7H2,1-4H3. The van der Waals surface area contributed by atoms with Gasteiger partial charge in [-0.05, 0) is 30.4 Å². The number of aryl methyl sites for hydroxylation is 1. The maximum absolute atomic E-state index is 10.6. The van der Waals surface area contributed by atoms with Crippen LogP contribution in [0.1, 0.15) is 51.7 Å². The third-order valence-corrected chi connectivity index (χ3v) is 3.73. The molecule has 0 fully saturated rings. The molecular weight excluding hydrogens is 196 g/mol. The van der Waals surface area contributed by atoms with Gasteiger partial charge < -0.3 is 5.11 Å². The molecule has 0 saturated heterocycles. The molecule has 90 valence electrons. The molecule has 0 heterocycles. The second kappa shape index (κ2) is 5.49. The first-order valence-corrected chi connectivity index (χ1v) is 6.38. The summed E-state index contributed by atoms with van der Waals surface area (Å²) in [5, 5.41) is 10.6. The van der Waals surface area contributed by atoms with Crippen LogP contribution >= 0.6 is 0 Å². The van der Waals surface area contributed by atoms with E-state index in [0.717, 1.165) is 24.8 Å². The van der Waals surface area contributed by atoms with Crippen LogP contribution in [0.2, 0.25) is 0 Å². The quantitative estimate of drug-likeness (QED) is 0.798. The number of aliphatic hydroxyl groups is 1. The summed E-state index contributed by atoms with van der Waals surface area (Å²) in [6, 6.07) is 8.37. The molecule has 0 spiro atoms. The second-order valence-corrected chi connectivity index (χ2v) is 4.71. The summed E-state index contributed by atoms with van der Waals surface area (Å²) in [4.78, 5) is 0. The van der Waals surface area contributed by atoms with E-state index in [9.17, 15) is 5.11 Å². The zero-order valence-corrected chi connectivity index (χ0v) is 11.0.